The highest BCUT2D eigenvalue weighted by atomic mass is 35.5. The van der Waals surface area contributed by atoms with Crippen molar-refractivity contribution in [3.8, 4) is 5.75 Å². The Labute approximate surface area is 180 Å². The standard InChI is InChI=1S/C23H22ClNO5/c1-3-12-30-18-6-4-5-16(14-18)20-19(21(26)15-7-9-17(24)10-8-15)22(27)23(28)25(20)11-13-29-2/h3-10,14,20,26H,1,11-13H2,2H3. The summed E-state index contributed by atoms with van der Waals surface area (Å²) in [4.78, 5) is 27.0. The molecule has 7 heteroatoms. The maximum atomic E-state index is 12.9. The zero-order chi connectivity index (χ0) is 21.7. The van der Waals surface area contributed by atoms with E-state index in [1.54, 1.807) is 54.6 Å². The number of nitrogens with zero attached hydrogens (tertiary/aromatic N) is 1. The first-order chi connectivity index (χ1) is 14.5. The van der Waals surface area contributed by atoms with Crippen molar-refractivity contribution in [1.82, 2.24) is 4.90 Å². The van der Waals surface area contributed by atoms with Gasteiger partial charge in [-0.1, -0.05) is 36.4 Å². The van der Waals surface area contributed by atoms with Crippen LogP contribution in [0.15, 0.2) is 66.8 Å². The zero-order valence-electron chi connectivity index (χ0n) is 16.5. The van der Waals surface area contributed by atoms with Crippen LogP contribution in [0.3, 0.4) is 0 Å². The summed E-state index contributed by atoms with van der Waals surface area (Å²) < 4.78 is 10.7. The number of aliphatic hydroxyl groups excluding tert-OH is 1. The predicted molar refractivity (Wildman–Crippen MR) is 114 cm³/mol. The number of methoxy groups -OCH3 is 1. The van der Waals surface area contributed by atoms with Gasteiger partial charge in [0.1, 0.15) is 18.1 Å². The molecule has 3 rings (SSSR count). The summed E-state index contributed by atoms with van der Waals surface area (Å²) in [5.74, 6) is -1.13. The van der Waals surface area contributed by atoms with E-state index in [0.29, 0.717) is 28.5 Å². The maximum absolute atomic E-state index is 12.9. The van der Waals surface area contributed by atoms with Crippen molar-refractivity contribution in [2.24, 2.45) is 0 Å². The van der Waals surface area contributed by atoms with Crippen molar-refractivity contribution in [2.75, 3.05) is 26.9 Å². The van der Waals surface area contributed by atoms with Crippen molar-refractivity contribution in [1.29, 1.82) is 0 Å². The van der Waals surface area contributed by atoms with E-state index in [2.05, 4.69) is 6.58 Å². The molecule has 2 aromatic carbocycles. The van der Waals surface area contributed by atoms with Crippen molar-refractivity contribution < 1.29 is 24.2 Å². The SMILES string of the molecule is C=CCOc1cccc(C2C(=C(O)c3ccc(Cl)cc3)C(=O)C(=O)N2CCOC)c1. The Balaban J connectivity index is 2.12. The number of aliphatic hydroxyl groups is 1. The van der Waals surface area contributed by atoms with Gasteiger partial charge in [0, 0.05) is 24.2 Å². The molecule has 0 spiro atoms. The van der Waals surface area contributed by atoms with Gasteiger partial charge in [0.25, 0.3) is 11.7 Å². The minimum Gasteiger partial charge on any atom is -0.507 e. The van der Waals surface area contributed by atoms with Crippen LogP contribution >= 0.6 is 11.6 Å². The molecule has 2 aromatic rings. The molecule has 1 amide bonds. The number of hydrogen-bond acceptors (Lipinski definition) is 5. The molecule has 0 saturated carbocycles. The first kappa shape index (κ1) is 21.6. The minimum atomic E-state index is -0.775. The second-order valence-electron chi connectivity index (χ2n) is 6.66. The highest BCUT2D eigenvalue weighted by Crippen LogP contribution is 2.40. The third kappa shape index (κ3) is 4.40. The van der Waals surface area contributed by atoms with E-state index in [1.807, 2.05) is 0 Å². The van der Waals surface area contributed by atoms with Crippen LogP contribution in [0.1, 0.15) is 17.2 Å². The van der Waals surface area contributed by atoms with Crippen LogP contribution in [-0.2, 0) is 14.3 Å². The summed E-state index contributed by atoms with van der Waals surface area (Å²) in [7, 11) is 1.52. The number of likely N-dealkylation sites (tertiary alicyclic amines) is 1. The molecule has 1 saturated heterocycles. The van der Waals surface area contributed by atoms with Crippen molar-refractivity contribution in [3.63, 3.8) is 0 Å². The van der Waals surface area contributed by atoms with Gasteiger partial charge in [-0.2, -0.15) is 0 Å². The lowest BCUT2D eigenvalue weighted by Crippen LogP contribution is -2.32. The maximum Gasteiger partial charge on any atom is 0.295 e. The average molecular weight is 428 g/mol. The molecule has 1 aliphatic heterocycles. The Morgan fingerprint density at radius 1 is 1.23 bits per heavy atom. The van der Waals surface area contributed by atoms with E-state index < -0.39 is 17.7 Å². The first-order valence-corrected chi connectivity index (χ1v) is 9.72. The number of halogens is 1. The molecule has 0 radical (unpaired) electrons. The monoisotopic (exact) mass is 427 g/mol. The average Bonchev–Trinajstić information content (AvgIpc) is 3.01. The van der Waals surface area contributed by atoms with E-state index in [1.165, 1.54) is 12.0 Å². The zero-order valence-corrected chi connectivity index (χ0v) is 17.3. The molecular formula is C23H22ClNO5. The lowest BCUT2D eigenvalue weighted by atomic mass is 9.95. The molecule has 0 aromatic heterocycles. The number of rotatable bonds is 8. The molecule has 1 unspecified atom stereocenters. The molecule has 30 heavy (non-hydrogen) atoms. The van der Waals surface area contributed by atoms with Crippen LogP contribution in [-0.4, -0.2) is 48.6 Å². The summed E-state index contributed by atoms with van der Waals surface area (Å²) in [5.41, 5.74) is 1.05. The van der Waals surface area contributed by atoms with Gasteiger partial charge in [-0.05, 0) is 42.0 Å². The number of hydrogen-bond donors (Lipinski definition) is 1. The summed E-state index contributed by atoms with van der Waals surface area (Å²) in [6.45, 7) is 4.39. The van der Waals surface area contributed by atoms with Crippen molar-refractivity contribution in [2.45, 2.75) is 6.04 Å². The Hall–Kier alpha value is -3.09. The normalized spacial score (nSPS) is 17.9. The van der Waals surface area contributed by atoms with Crippen LogP contribution in [0.5, 0.6) is 5.75 Å². The van der Waals surface area contributed by atoms with Crippen molar-refractivity contribution >= 4 is 29.1 Å². The van der Waals surface area contributed by atoms with Crippen LogP contribution in [0.2, 0.25) is 5.02 Å². The van der Waals surface area contributed by atoms with E-state index in [0.717, 1.165) is 0 Å². The third-order valence-corrected chi connectivity index (χ3v) is 4.99. The molecule has 6 nitrogen and oxygen atoms in total. The molecule has 156 valence electrons. The Kier molecular flexibility index (Phi) is 6.92. The van der Waals surface area contributed by atoms with Gasteiger partial charge in [-0.15, -0.1) is 0 Å². The van der Waals surface area contributed by atoms with E-state index in [4.69, 9.17) is 21.1 Å². The summed E-state index contributed by atoms with van der Waals surface area (Å²) in [5, 5.41) is 11.4. The number of amides is 1. The van der Waals surface area contributed by atoms with Gasteiger partial charge < -0.3 is 19.5 Å². The van der Waals surface area contributed by atoms with Gasteiger partial charge in [0.15, 0.2) is 0 Å². The summed E-state index contributed by atoms with van der Waals surface area (Å²) >= 11 is 5.93. The molecule has 1 aliphatic rings. The largest absolute Gasteiger partial charge is 0.507 e. The minimum absolute atomic E-state index is 0.0132. The Morgan fingerprint density at radius 3 is 2.63 bits per heavy atom. The second kappa shape index (κ2) is 9.61. The third-order valence-electron chi connectivity index (χ3n) is 4.74. The Bertz CT molecular complexity index is 983. The molecule has 1 heterocycles. The fourth-order valence-electron chi connectivity index (χ4n) is 3.34. The van der Waals surface area contributed by atoms with Crippen LogP contribution in [0.25, 0.3) is 5.76 Å². The Morgan fingerprint density at radius 2 is 1.97 bits per heavy atom. The quantitative estimate of drug-likeness (QED) is 0.298. The number of ether oxygens (including phenoxy) is 2. The summed E-state index contributed by atoms with van der Waals surface area (Å²) in [6, 6.07) is 12.7. The van der Waals surface area contributed by atoms with Crippen LogP contribution < -0.4 is 4.74 Å². The van der Waals surface area contributed by atoms with Crippen LogP contribution in [0, 0.1) is 0 Å². The predicted octanol–water partition coefficient (Wildman–Crippen LogP) is 3.97. The first-order valence-electron chi connectivity index (χ1n) is 9.35. The lowest BCUT2D eigenvalue weighted by Gasteiger charge is -2.25. The van der Waals surface area contributed by atoms with Gasteiger partial charge >= 0.3 is 0 Å². The smallest absolute Gasteiger partial charge is 0.295 e. The fourth-order valence-corrected chi connectivity index (χ4v) is 3.47. The van der Waals surface area contributed by atoms with Crippen LogP contribution in [0.4, 0.5) is 0 Å². The number of carbonyl (C=O) groups excluding carboxylic acids is 2. The van der Waals surface area contributed by atoms with Gasteiger partial charge in [0.05, 0.1) is 18.2 Å². The fraction of sp³-hybridized carbons (Fsp3) is 0.217. The number of carbonyl (C=O) groups is 2. The second-order valence-corrected chi connectivity index (χ2v) is 7.10. The van der Waals surface area contributed by atoms with E-state index in [-0.39, 0.29) is 24.5 Å². The van der Waals surface area contributed by atoms with Gasteiger partial charge in [0.2, 0.25) is 0 Å². The van der Waals surface area contributed by atoms with E-state index >= 15 is 0 Å². The van der Waals surface area contributed by atoms with Gasteiger partial charge in [-0.3, -0.25) is 9.59 Å². The lowest BCUT2D eigenvalue weighted by molar-refractivity contribution is -0.140. The van der Waals surface area contributed by atoms with Gasteiger partial charge in [-0.25, -0.2) is 0 Å². The highest BCUT2D eigenvalue weighted by Gasteiger charge is 2.45. The molecule has 0 bridgehead atoms. The number of benzene rings is 2. The summed E-state index contributed by atoms with van der Waals surface area (Å²) in [6.07, 6.45) is 1.62. The number of ketones is 1. The number of Topliss-reactive ketones (excluding diaryl/α,β-unsaturated/α-hetero) is 1. The molecule has 0 aliphatic carbocycles. The van der Waals surface area contributed by atoms with E-state index in [9.17, 15) is 14.7 Å². The highest BCUT2D eigenvalue weighted by molar-refractivity contribution is 6.46. The molecular weight excluding hydrogens is 406 g/mol. The molecule has 1 atom stereocenters. The molecule has 1 N–H and O–H groups in total. The topological polar surface area (TPSA) is 76.1 Å². The molecule has 1 fully saturated rings. The van der Waals surface area contributed by atoms with Crippen molar-refractivity contribution in [3.05, 3.63) is 82.9 Å².